The number of aromatic nitrogens is 3. The number of rotatable bonds is 8. The first kappa shape index (κ1) is 28.5. The Morgan fingerprint density at radius 3 is 2.49 bits per heavy atom. The normalized spacial score (nSPS) is 15.4. The summed E-state index contributed by atoms with van der Waals surface area (Å²) in [4.78, 5) is 32.2. The summed E-state index contributed by atoms with van der Waals surface area (Å²) >= 11 is 0. The number of para-hydroxylation sites is 1. The van der Waals surface area contributed by atoms with Gasteiger partial charge in [-0.3, -0.25) is 9.59 Å². The molecule has 0 saturated carbocycles. The summed E-state index contributed by atoms with van der Waals surface area (Å²) in [5, 5.41) is 11.6. The molecule has 0 spiro atoms. The van der Waals surface area contributed by atoms with E-state index in [1.54, 1.807) is 9.58 Å². The molecule has 11 heteroatoms. The lowest BCUT2D eigenvalue weighted by Gasteiger charge is -2.34. The highest BCUT2D eigenvalue weighted by Gasteiger charge is 2.34. The number of carbonyl (C=O) groups excluding carboxylic acids is 2. The number of fused-ring (bicyclic) bond motifs is 2. The molecule has 11 nitrogen and oxygen atoms in total. The Morgan fingerprint density at radius 1 is 0.977 bits per heavy atom. The fraction of sp³-hybridized carbons (Fsp3) is 0.375. The molecule has 2 amide bonds. The van der Waals surface area contributed by atoms with Gasteiger partial charge in [-0.25, -0.2) is 4.68 Å². The van der Waals surface area contributed by atoms with Crippen molar-refractivity contribution in [3.8, 4) is 11.5 Å². The molecule has 1 N–H and O–H groups in total. The van der Waals surface area contributed by atoms with Crippen molar-refractivity contribution in [3.05, 3.63) is 77.9 Å². The molecule has 224 valence electrons. The number of hydrogen-bond acceptors (Lipinski definition) is 8. The van der Waals surface area contributed by atoms with Crippen molar-refractivity contribution in [2.24, 2.45) is 0 Å². The number of carbonyl (C=O) groups is 2. The Morgan fingerprint density at radius 2 is 1.72 bits per heavy atom. The zero-order valence-electron chi connectivity index (χ0n) is 24.7. The monoisotopic (exact) mass is 584 g/mol. The number of morpholine rings is 1. The second-order valence-electron chi connectivity index (χ2n) is 11.8. The molecule has 0 radical (unpaired) electrons. The van der Waals surface area contributed by atoms with Crippen molar-refractivity contribution in [1.82, 2.24) is 25.2 Å². The second kappa shape index (κ2) is 11.9. The van der Waals surface area contributed by atoms with Crippen LogP contribution in [0.2, 0.25) is 0 Å². The quantitative estimate of drug-likeness (QED) is 0.334. The minimum absolute atomic E-state index is 0.0871. The molecule has 1 fully saturated rings. The van der Waals surface area contributed by atoms with Crippen LogP contribution >= 0.6 is 0 Å². The van der Waals surface area contributed by atoms with Gasteiger partial charge in [0, 0.05) is 30.9 Å². The van der Waals surface area contributed by atoms with Crippen LogP contribution in [0, 0.1) is 0 Å². The molecule has 1 atom stereocenters. The lowest BCUT2D eigenvalue weighted by Crippen LogP contribution is -2.49. The van der Waals surface area contributed by atoms with Gasteiger partial charge in [-0.05, 0) is 68.3 Å². The van der Waals surface area contributed by atoms with Gasteiger partial charge < -0.3 is 29.3 Å². The zero-order chi connectivity index (χ0) is 30.0. The fourth-order valence-corrected chi connectivity index (χ4v) is 5.41. The molecule has 1 saturated heterocycles. The molecule has 0 bridgehead atoms. The predicted molar refractivity (Wildman–Crippen MR) is 161 cm³/mol. The van der Waals surface area contributed by atoms with E-state index in [0.29, 0.717) is 35.8 Å². The summed E-state index contributed by atoms with van der Waals surface area (Å²) in [5.74, 6) is 0.706. The van der Waals surface area contributed by atoms with E-state index in [4.69, 9.17) is 14.2 Å². The number of hydrogen-bond donors (Lipinski definition) is 1. The van der Waals surface area contributed by atoms with Gasteiger partial charge in [0.05, 0.1) is 18.7 Å². The molecule has 2 aliphatic rings. The first-order chi connectivity index (χ1) is 20.7. The average Bonchev–Trinajstić information content (AvgIpc) is 3.63. The number of nitrogens with zero attached hydrogens (tertiary/aromatic N) is 5. The Labute approximate surface area is 250 Å². The van der Waals surface area contributed by atoms with E-state index in [9.17, 15) is 9.59 Å². The molecule has 2 aliphatic heterocycles. The number of benzene rings is 3. The molecule has 3 heterocycles. The summed E-state index contributed by atoms with van der Waals surface area (Å²) in [7, 11) is 0. The van der Waals surface area contributed by atoms with Crippen LogP contribution in [0.25, 0.3) is 11.0 Å². The van der Waals surface area contributed by atoms with Crippen molar-refractivity contribution >= 4 is 28.5 Å². The molecule has 3 aromatic carbocycles. The maximum absolute atomic E-state index is 14.3. The third-order valence-corrected chi connectivity index (χ3v) is 7.46. The van der Waals surface area contributed by atoms with Gasteiger partial charge in [-0.15, -0.1) is 5.10 Å². The molecule has 0 aliphatic carbocycles. The minimum atomic E-state index is -0.911. The Bertz CT molecular complexity index is 1610. The first-order valence-electron chi connectivity index (χ1n) is 14.5. The maximum Gasteiger partial charge on any atom is 0.247 e. The van der Waals surface area contributed by atoms with Crippen LogP contribution in [0.3, 0.4) is 0 Å². The summed E-state index contributed by atoms with van der Waals surface area (Å²) in [6.07, 6.45) is 0. The van der Waals surface area contributed by atoms with E-state index >= 15 is 0 Å². The molecule has 43 heavy (non-hydrogen) atoms. The van der Waals surface area contributed by atoms with Gasteiger partial charge in [-0.1, -0.05) is 35.5 Å². The fourth-order valence-electron chi connectivity index (χ4n) is 5.41. The van der Waals surface area contributed by atoms with Gasteiger partial charge in [0.2, 0.25) is 18.6 Å². The summed E-state index contributed by atoms with van der Waals surface area (Å²) < 4.78 is 18.2. The number of anilines is 1. The smallest absolute Gasteiger partial charge is 0.247 e. The second-order valence-corrected chi connectivity index (χ2v) is 11.8. The van der Waals surface area contributed by atoms with Crippen LogP contribution in [-0.2, 0) is 27.4 Å². The summed E-state index contributed by atoms with van der Waals surface area (Å²) in [6.45, 7) is 8.94. The van der Waals surface area contributed by atoms with Crippen molar-refractivity contribution in [3.63, 3.8) is 0 Å². The Balaban J connectivity index is 1.38. The van der Waals surface area contributed by atoms with E-state index in [-0.39, 0.29) is 31.7 Å². The lowest BCUT2D eigenvalue weighted by molar-refractivity contribution is -0.142. The molecule has 4 aromatic rings. The van der Waals surface area contributed by atoms with Crippen molar-refractivity contribution < 1.29 is 23.8 Å². The van der Waals surface area contributed by atoms with Crippen molar-refractivity contribution in [2.45, 2.75) is 45.4 Å². The first-order valence-corrected chi connectivity index (χ1v) is 14.5. The number of ether oxygens (including phenoxy) is 3. The highest BCUT2D eigenvalue weighted by Crippen LogP contribution is 2.34. The zero-order valence-corrected chi connectivity index (χ0v) is 24.7. The molecule has 0 unspecified atom stereocenters. The minimum Gasteiger partial charge on any atom is -0.454 e. The van der Waals surface area contributed by atoms with Gasteiger partial charge in [0.15, 0.2) is 11.5 Å². The largest absolute Gasteiger partial charge is 0.454 e. The van der Waals surface area contributed by atoms with E-state index in [2.05, 4.69) is 20.5 Å². The highest BCUT2D eigenvalue weighted by atomic mass is 16.7. The third-order valence-electron chi connectivity index (χ3n) is 7.46. The van der Waals surface area contributed by atoms with Crippen LogP contribution in [0.4, 0.5) is 5.69 Å². The van der Waals surface area contributed by atoms with Crippen LogP contribution in [-0.4, -0.2) is 70.3 Å². The molecule has 6 rings (SSSR count). The van der Waals surface area contributed by atoms with Crippen LogP contribution in [0.1, 0.15) is 37.9 Å². The van der Waals surface area contributed by atoms with Crippen LogP contribution in [0.5, 0.6) is 11.5 Å². The van der Waals surface area contributed by atoms with Gasteiger partial charge in [-0.2, -0.15) is 0 Å². The molecule has 1 aromatic heterocycles. The molecular formula is C32H36N6O5. The summed E-state index contributed by atoms with van der Waals surface area (Å²) in [6, 6.07) is 20.0. The van der Waals surface area contributed by atoms with Gasteiger partial charge >= 0.3 is 0 Å². The maximum atomic E-state index is 14.3. The Kier molecular flexibility index (Phi) is 7.90. The Hall–Kier alpha value is -4.64. The third kappa shape index (κ3) is 6.41. The summed E-state index contributed by atoms with van der Waals surface area (Å²) in [5.41, 5.74) is 3.47. The molecular weight excluding hydrogens is 548 g/mol. The van der Waals surface area contributed by atoms with Crippen LogP contribution < -0.4 is 19.7 Å². The highest BCUT2D eigenvalue weighted by molar-refractivity contribution is 5.89. The van der Waals surface area contributed by atoms with Crippen molar-refractivity contribution in [2.75, 3.05) is 38.0 Å². The van der Waals surface area contributed by atoms with Crippen molar-refractivity contribution in [1.29, 1.82) is 0 Å². The van der Waals surface area contributed by atoms with Gasteiger partial charge in [0.1, 0.15) is 18.1 Å². The van der Waals surface area contributed by atoms with Crippen LogP contribution in [0.15, 0.2) is 66.7 Å². The topological polar surface area (TPSA) is 111 Å². The van der Waals surface area contributed by atoms with E-state index < -0.39 is 11.6 Å². The predicted octanol–water partition coefficient (Wildman–Crippen LogP) is 3.68. The number of nitrogens with one attached hydrogen (secondary N) is 1. The van der Waals surface area contributed by atoms with Gasteiger partial charge in [0.25, 0.3) is 0 Å². The lowest BCUT2D eigenvalue weighted by atomic mass is 10.00. The van der Waals surface area contributed by atoms with E-state index in [0.717, 1.165) is 29.9 Å². The SMILES string of the molecule is CC(C)(C)NC(=O)[C@@H](c1ccc(N2CCOCC2)cc1)N(Cc1ccc2c(c1)OCO2)C(=O)Cn1nnc2ccccc21. The van der Waals surface area contributed by atoms with E-state index in [1.807, 2.05) is 87.5 Å². The standard InChI is InChI=1S/C32H36N6O5/c1-32(2,3)33-31(40)30(23-9-11-24(12-10-23)36-14-16-41-17-15-36)37(19-22-8-13-27-28(18-22)43-21-42-27)29(39)20-38-26-7-5-4-6-25(26)34-35-38/h4-13,18,30H,14-17,19-21H2,1-3H3,(H,33,40)/t30-/m1/s1. The average molecular weight is 585 g/mol. The van der Waals surface area contributed by atoms with E-state index in [1.165, 1.54) is 0 Å². The number of amides is 2.